The highest BCUT2D eigenvalue weighted by Crippen LogP contribution is 2.34. The standard InChI is InChI=1S/C29H45NO9/c1-12-18(4)30-29(23(31)32,39-26(35)36-19(5)17(2)3)16-20-13-14-21(37-24(33)27(6,7)8)22(15-20)38-25(34)28(9,10)11/h13-15,17-19,30H,12,16H2,1-11H3,(H,31,32)/t18?,19?,29-/m0/s1. The van der Waals surface area contributed by atoms with E-state index in [1.807, 2.05) is 20.8 Å². The number of esters is 2. The Kier molecular flexibility index (Phi) is 11.5. The zero-order valence-electron chi connectivity index (χ0n) is 25.1. The first kappa shape index (κ1) is 33.9. The van der Waals surface area contributed by atoms with Gasteiger partial charge in [0.25, 0.3) is 5.72 Å². The van der Waals surface area contributed by atoms with Gasteiger partial charge in [0, 0.05) is 12.5 Å². The number of ether oxygens (including phenoxy) is 4. The van der Waals surface area contributed by atoms with E-state index in [9.17, 15) is 24.3 Å². The smallest absolute Gasteiger partial charge is 0.477 e. The first-order valence-corrected chi connectivity index (χ1v) is 13.2. The molecule has 220 valence electrons. The van der Waals surface area contributed by atoms with Crippen LogP contribution in [0.2, 0.25) is 0 Å². The second kappa shape index (κ2) is 13.3. The van der Waals surface area contributed by atoms with Gasteiger partial charge in [-0.15, -0.1) is 0 Å². The monoisotopic (exact) mass is 551 g/mol. The Morgan fingerprint density at radius 3 is 1.82 bits per heavy atom. The van der Waals surface area contributed by atoms with Crippen LogP contribution in [0.15, 0.2) is 18.2 Å². The molecule has 10 nitrogen and oxygen atoms in total. The number of carboxylic acids is 1. The Labute approximate surface area is 231 Å². The van der Waals surface area contributed by atoms with Gasteiger partial charge in [0.05, 0.1) is 10.8 Å². The topological polar surface area (TPSA) is 137 Å². The summed E-state index contributed by atoms with van der Waals surface area (Å²) in [5.74, 6) is -2.65. The molecule has 2 unspecified atom stereocenters. The molecule has 0 amide bonds. The molecule has 0 aliphatic rings. The van der Waals surface area contributed by atoms with Gasteiger partial charge < -0.3 is 24.1 Å². The number of hydrogen-bond acceptors (Lipinski definition) is 9. The highest BCUT2D eigenvalue weighted by atomic mass is 16.7. The van der Waals surface area contributed by atoms with E-state index in [4.69, 9.17) is 18.9 Å². The zero-order valence-corrected chi connectivity index (χ0v) is 25.1. The van der Waals surface area contributed by atoms with Crippen LogP contribution < -0.4 is 14.8 Å². The lowest BCUT2D eigenvalue weighted by molar-refractivity contribution is -0.168. The molecule has 0 aliphatic carbocycles. The molecule has 2 N–H and O–H groups in total. The third kappa shape index (κ3) is 10.2. The van der Waals surface area contributed by atoms with E-state index in [-0.39, 0.29) is 29.9 Å². The van der Waals surface area contributed by atoms with Crippen LogP contribution in [0.5, 0.6) is 11.5 Å². The van der Waals surface area contributed by atoms with Crippen LogP contribution >= 0.6 is 0 Å². The summed E-state index contributed by atoms with van der Waals surface area (Å²) in [4.78, 5) is 50.5. The Hall–Kier alpha value is -3.14. The average Bonchev–Trinajstić information content (AvgIpc) is 2.78. The second-order valence-electron chi connectivity index (χ2n) is 12.2. The highest BCUT2D eigenvalue weighted by molar-refractivity contribution is 5.82. The molecule has 39 heavy (non-hydrogen) atoms. The number of carboxylic acid groups (broad SMARTS) is 1. The Balaban J connectivity index is 3.56. The average molecular weight is 552 g/mol. The Morgan fingerprint density at radius 1 is 0.872 bits per heavy atom. The van der Waals surface area contributed by atoms with Crippen molar-refractivity contribution in [3.8, 4) is 11.5 Å². The van der Waals surface area contributed by atoms with Gasteiger partial charge in [-0.2, -0.15) is 0 Å². The fourth-order valence-corrected chi connectivity index (χ4v) is 2.87. The van der Waals surface area contributed by atoms with E-state index in [0.717, 1.165) is 0 Å². The first-order valence-electron chi connectivity index (χ1n) is 13.2. The molecular weight excluding hydrogens is 506 g/mol. The maximum Gasteiger partial charge on any atom is 0.510 e. The number of hydrogen-bond donors (Lipinski definition) is 2. The largest absolute Gasteiger partial charge is 0.510 e. The molecule has 1 aromatic rings. The molecule has 0 fully saturated rings. The summed E-state index contributed by atoms with van der Waals surface area (Å²) in [5.41, 5.74) is -3.56. The van der Waals surface area contributed by atoms with Gasteiger partial charge in [0.15, 0.2) is 11.5 Å². The fraction of sp³-hybridized carbons (Fsp3) is 0.655. The van der Waals surface area contributed by atoms with Crippen molar-refractivity contribution in [1.82, 2.24) is 5.32 Å². The van der Waals surface area contributed by atoms with Gasteiger partial charge in [0.1, 0.15) is 6.10 Å². The lowest BCUT2D eigenvalue weighted by Gasteiger charge is -2.33. The Morgan fingerprint density at radius 2 is 1.38 bits per heavy atom. The quantitative estimate of drug-likeness (QED) is 0.206. The molecule has 0 spiro atoms. The summed E-state index contributed by atoms with van der Waals surface area (Å²) >= 11 is 0. The van der Waals surface area contributed by atoms with Crippen LogP contribution in [0.1, 0.15) is 88.1 Å². The SMILES string of the molecule is CCC(C)N[C@@](Cc1ccc(OC(=O)C(C)(C)C)c(OC(=O)C(C)(C)C)c1)(OC(=O)OC(C)C(C)C)C(=O)O. The predicted molar refractivity (Wildman–Crippen MR) is 145 cm³/mol. The molecule has 0 bridgehead atoms. The minimum atomic E-state index is -2.20. The summed E-state index contributed by atoms with van der Waals surface area (Å²) in [5, 5.41) is 13.2. The number of carbonyl (C=O) groups excluding carboxylic acids is 3. The lowest BCUT2D eigenvalue weighted by Crippen LogP contribution is -2.59. The molecule has 0 heterocycles. The van der Waals surface area contributed by atoms with E-state index >= 15 is 0 Å². The van der Waals surface area contributed by atoms with E-state index in [1.54, 1.807) is 55.4 Å². The molecule has 0 saturated heterocycles. The first-order chi connectivity index (χ1) is 17.7. The van der Waals surface area contributed by atoms with Gasteiger partial charge in [-0.05, 0) is 85.4 Å². The fourth-order valence-electron chi connectivity index (χ4n) is 2.87. The molecule has 3 atom stereocenters. The van der Waals surface area contributed by atoms with E-state index in [1.165, 1.54) is 18.2 Å². The minimum absolute atomic E-state index is 0.00169. The summed E-state index contributed by atoms with van der Waals surface area (Å²) in [7, 11) is 0. The van der Waals surface area contributed by atoms with Gasteiger partial charge in [0.2, 0.25) is 0 Å². The number of aliphatic carboxylic acids is 1. The highest BCUT2D eigenvalue weighted by Gasteiger charge is 2.45. The van der Waals surface area contributed by atoms with Crippen molar-refractivity contribution in [2.75, 3.05) is 0 Å². The third-order valence-corrected chi connectivity index (χ3v) is 6.01. The molecule has 1 aromatic carbocycles. The van der Waals surface area contributed by atoms with Gasteiger partial charge in [-0.1, -0.05) is 26.8 Å². The van der Waals surface area contributed by atoms with Gasteiger partial charge >= 0.3 is 24.1 Å². The van der Waals surface area contributed by atoms with Crippen LogP contribution in [0, 0.1) is 16.7 Å². The molecular formula is C29H45NO9. The van der Waals surface area contributed by atoms with Crippen molar-refractivity contribution in [1.29, 1.82) is 0 Å². The minimum Gasteiger partial charge on any atom is -0.477 e. The maximum absolute atomic E-state index is 12.7. The van der Waals surface area contributed by atoms with Crippen LogP contribution in [0.3, 0.4) is 0 Å². The van der Waals surface area contributed by atoms with Crippen molar-refractivity contribution in [2.24, 2.45) is 16.7 Å². The van der Waals surface area contributed by atoms with Crippen LogP contribution in [-0.4, -0.2) is 47.0 Å². The number of nitrogens with one attached hydrogen (secondary N) is 1. The van der Waals surface area contributed by atoms with Gasteiger partial charge in [-0.25, -0.2) is 9.59 Å². The lowest BCUT2D eigenvalue weighted by atomic mass is 9.97. The summed E-state index contributed by atoms with van der Waals surface area (Å²) in [6, 6.07) is 3.98. The Bertz CT molecular complexity index is 1040. The summed E-state index contributed by atoms with van der Waals surface area (Å²) in [6.07, 6.45) is -1.44. The van der Waals surface area contributed by atoms with E-state index < -0.39 is 46.7 Å². The summed E-state index contributed by atoms with van der Waals surface area (Å²) in [6.45, 7) is 19.1. The number of carbonyl (C=O) groups is 4. The van der Waals surface area contributed by atoms with Crippen molar-refractivity contribution in [2.45, 2.75) is 107 Å². The van der Waals surface area contributed by atoms with Crippen LogP contribution in [0.4, 0.5) is 4.79 Å². The van der Waals surface area contributed by atoms with Crippen LogP contribution in [0.25, 0.3) is 0 Å². The molecule has 0 aromatic heterocycles. The maximum atomic E-state index is 12.7. The van der Waals surface area contributed by atoms with Gasteiger partial charge in [-0.3, -0.25) is 14.9 Å². The predicted octanol–water partition coefficient (Wildman–Crippen LogP) is 5.50. The molecule has 0 aliphatic heterocycles. The van der Waals surface area contributed by atoms with Crippen molar-refractivity contribution < 1.29 is 43.2 Å². The van der Waals surface area contributed by atoms with E-state index in [0.29, 0.717) is 12.0 Å². The molecule has 0 saturated carbocycles. The van der Waals surface area contributed by atoms with Crippen molar-refractivity contribution >= 4 is 24.1 Å². The number of rotatable bonds is 11. The molecule has 0 radical (unpaired) electrons. The third-order valence-electron chi connectivity index (χ3n) is 6.01. The zero-order chi connectivity index (χ0) is 30.3. The van der Waals surface area contributed by atoms with Crippen molar-refractivity contribution in [3.63, 3.8) is 0 Å². The summed E-state index contributed by atoms with van der Waals surface area (Å²) < 4.78 is 21.8. The molecule has 1 rings (SSSR count). The van der Waals surface area contributed by atoms with E-state index in [2.05, 4.69) is 5.32 Å². The normalized spacial score (nSPS) is 15.1. The van der Waals surface area contributed by atoms with Crippen LogP contribution in [-0.2, 0) is 30.3 Å². The second-order valence-corrected chi connectivity index (χ2v) is 12.2. The van der Waals surface area contributed by atoms with Crippen molar-refractivity contribution in [3.05, 3.63) is 23.8 Å². The number of benzene rings is 1. The molecule has 10 heteroatoms.